The molecular formula is C16H32N2. The van der Waals surface area contributed by atoms with Crippen molar-refractivity contribution in [3.8, 4) is 0 Å². The summed E-state index contributed by atoms with van der Waals surface area (Å²) < 4.78 is 0. The third kappa shape index (κ3) is 3.71. The van der Waals surface area contributed by atoms with E-state index in [1.165, 1.54) is 64.6 Å². The van der Waals surface area contributed by atoms with Crippen LogP contribution in [0.1, 0.15) is 65.7 Å². The zero-order chi connectivity index (χ0) is 13.1. The van der Waals surface area contributed by atoms with Crippen molar-refractivity contribution in [3.63, 3.8) is 0 Å². The molecule has 106 valence electrons. The predicted molar refractivity (Wildman–Crippen MR) is 78.9 cm³/mol. The van der Waals surface area contributed by atoms with Gasteiger partial charge in [0.15, 0.2) is 0 Å². The Kier molecular flexibility index (Phi) is 4.71. The largest absolute Gasteiger partial charge is 0.311 e. The van der Waals surface area contributed by atoms with Gasteiger partial charge < -0.3 is 10.2 Å². The summed E-state index contributed by atoms with van der Waals surface area (Å²) in [4.78, 5) is 2.68. The van der Waals surface area contributed by atoms with Crippen molar-refractivity contribution in [2.24, 2.45) is 5.41 Å². The number of piperidine rings is 1. The lowest BCUT2D eigenvalue weighted by atomic mass is 9.68. The average Bonchev–Trinajstić information content (AvgIpc) is 2.33. The van der Waals surface area contributed by atoms with Crippen LogP contribution in [-0.2, 0) is 0 Å². The second-order valence-corrected chi connectivity index (χ2v) is 7.25. The van der Waals surface area contributed by atoms with Crippen molar-refractivity contribution in [2.75, 3.05) is 26.2 Å². The molecule has 1 spiro atoms. The molecule has 2 fully saturated rings. The molecule has 0 bridgehead atoms. The highest BCUT2D eigenvalue weighted by molar-refractivity contribution is 4.90. The molecule has 1 saturated heterocycles. The number of likely N-dealkylation sites (tertiary alicyclic amines) is 1. The van der Waals surface area contributed by atoms with Gasteiger partial charge in [-0.25, -0.2) is 0 Å². The second kappa shape index (κ2) is 5.92. The van der Waals surface area contributed by atoms with Crippen LogP contribution in [0.3, 0.4) is 0 Å². The van der Waals surface area contributed by atoms with E-state index in [0.717, 1.165) is 12.0 Å². The topological polar surface area (TPSA) is 15.3 Å². The first-order valence-electron chi connectivity index (χ1n) is 8.03. The number of nitrogens with one attached hydrogen (secondary N) is 1. The summed E-state index contributed by atoms with van der Waals surface area (Å²) in [5.41, 5.74) is 1.02. The number of hydrogen-bond donors (Lipinski definition) is 1. The molecule has 0 aromatic carbocycles. The van der Waals surface area contributed by atoms with Gasteiger partial charge in [0.2, 0.25) is 0 Å². The van der Waals surface area contributed by atoms with Gasteiger partial charge in [-0.1, -0.05) is 26.2 Å². The fourth-order valence-corrected chi connectivity index (χ4v) is 4.08. The van der Waals surface area contributed by atoms with Crippen molar-refractivity contribution in [1.29, 1.82) is 0 Å². The average molecular weight is 252 g/mol. The molecule has 0 unspecified atom stereocenters. The first-order valence-corrected chi connectivity index (χ1v) is 8.03. The Balaban J connectivity index is 1.79. The van der Waals surface area contributed by atoms with Crippen molar-refractivity contribution >= 4 is 0 Å². The number of hydrogen-bond acceptors (Lipinski definition) is 2. The van der Waals surface area contributed by atoms with E-state index in [1.54, 1.807) is 0 Å². The Hall–Kier alpha value is -0.0800. The minimum absolute atomic E-state index is 0.270. The van der Waals surface area contributed by atoms with Crippen molar-refractivity contribution < 1.29 is 0 Å². The SMILES string of the molecule is CCNC(C)(C)CN1CCC2(CCCCC2)CC1. The van der Waals surface area contributed by atoms with Gasteiger partial charge in [-0.3, -0.25) is 0 Å². The summed E-state index contributed by atoms with van der Waals surface area (Å²) in [7, 11) is 0. The monoisotopic (exact) mass is 252 g/mol. The highest BCUT2D eigenvalue weighted by Crippen LogP contribution is 2.44. The summed E-state index contributed by atoms with van der Waals surface area (Å²) in [5, 5.41) is 3.60. The second-order valence-electron chi connectivity index (χ2n) is 7.25. The summed E-state index contributed by atoms with van der Waals surface area (Å²) in [6, 6.07) is 0. The van der Waals surface area contributed by atoms with Crippen molar-refractivity contribution in [1.82, 2.24) is 10.2 Å². The van der Waals surface area contributed by atoms with Crippen LogP contribution in [0.4, 0.5) is 0 Å². The third-order valence-electron chi connectivity index (χ3n) is 5.11. The molecule has 0 amide bonds. The van der Waals surface area contributed by atoms with E-state index < -0.39 is 0 Å². The number of nitrogens with zero attached hydrogens (tertiary/aromatic N) is 1. The van der Waals surface area contributed by atoms with Gasteiger partial charge in [0, 0.05) is 12.1 Å². The van der Waals surface area contributed by atoms with Gasteiger partial charge in [-0.15, -0.1) is 0 Å². The molecule has 1 aliphatic heterocycles. The van der Waals surface area contributed by atoms with Crippen LogP contribution in [-0.4, -0.2) is 36.6 Å². The Morgan fingerprint density at radius 2 is 1.61 bits per heavy atom. The predicted octanol–water partition coefficient (Wildman–Crippen LogP) is 3.42. The van der Waals surface area contributed by atoms with E-state index in [-0.39, 0.29) is 5.54 Å². The smallest absolute Gasteiger partial charge is 0.0252 e. The van der Waals surface area contributed by atoms with Gasteiger partial charge in [0.05, 0.1) is 0 Å². The molecular weight excluding hydrogens is 220 g/mol. The number of rotatable bonds is 4. The lowest BCUT2D eigenvalue weighted by Gasteiger charge is -2.46. The molecule has 1 heterocycles. The van der Waals surface area contributed by atoms with Crippen LogP contribution in [0.5, 0.6) is 0 Å². The molecule has 1 saturated carbocycles. The summed E-state index contributed by atoms with van der Waals surface area (Å²) in [6.07, 6.45) is 10.4. The third-order valence-corrected chi connectivity index (χ3v) is 5.11. The Labute approximate surface area is 114 Å². The normalized spacial score (nSPS) is 25.5. The molecule has 0 aromatic heterocycles. The van der Waals surface area contributed by atoms with Crippen LogP contribution in [0.2, 0.25) is 0 Å². The summed E-state index contributed by atoms with van der Waals surface area (Å²) >= 11 is 0. The van der Waals surface area contributed by atoms with Gasteiger partial charge >= 0.3 is 0 Å². The van der Waals surface area contributed by atoms with Gasteiger partial charge in [0.25, 0.3) is 0 Å². The Bertz CT molecular complexity index is 244. The van der Waals surface area contributed by atoms with Crippen LogP contribution >= 0.6 is 0 Å². The molecule has 2 heteroatoms. The fourth-order valence-electron chi connectivity index (χ4n) is 4.08. The first-order chi connectivity index (χ1) is 8.55. The van der Waals surface area contributed by atoms with Crippen LogP contribution in [0, 0.1) is 5.41 Å². The molecule has 2 nitrogen and oxygen atoms in total. The van der Waals surface area contributed by atoms with E-state index in [1.807, 2.05) is 0 Å². The molecule has 0 radical (unpaired) electrons. The van der Waals surface area contributed by atoms with E-state index in [2.05, 4.69) is 31.0 Å². The fraction of sp³-hybridized carbons (Fsp3) is 1.00. The Morgan fingerprint density at radius 1 is 1.00 bits per heavy atom. The van der Waals surface area contributed by atoms with Gasteiger partial charge in [0.1, 0.15) is 0 Å². The quantitative estimate of drug-likeness (QED) is 0.825. The maximum atomic E-state index is 3.60. The van der Waals surface area contributed by atoms with Crippen LogP contribution in [0.25, 0.3) is 0 Å². The molecule has 2 aliphatic rings. The summed E-state index contributed by atoms with van der Waals surface area (Å²) in [5.74, 6) is 0. The van der Waals surface area contributed by atoms with Crippen molar-refractivity contribution in [3.05, 3.63) is 0 Å². The zero-order valence-electron chi connectivity index (χ0n) is 12.7. The van der Waals surface area contributed by atoms with Gasteiger partial charge in [-0.2, -0.15) is 0 Å². The van der Waals surface area contributed by atoms with Gasteiger partial charge in [-0.05, 0) is 64.6 Å². The standard InChI is InChI=1S/C16H32N2/c1-4-17-15(2,3)14-18-12-10-16(11-13-18)8-6-5-7-9-16/h17H,4-14H2,1-3H3. The lowest BCUT2D eigenvalue weighted by Crippen LogP contribution is -2.52. The first kappa shape index (κ1) is 14.3. The van der Waals surface area contributed by atoms with E-state index in [9.17, 15) is 0 Å². The molecule has 1 aliphatic carbocycles. The Morgan fingerprint density at radius 3 is 2.17 bits per heavy atom. The molecule has 2 rings (SSSR count). The molecule has 0 atom stereocenters. The maximum absolute atomic E-state index is 3.60. The minimum atomic E-state index is 0.270. The minimum Gasteiger partial charge on any atom is -0.311 e. The zero-order valence-corrected chi connectivity index (χ0v) is 12.7. The molecule has 0 aromatic rings. The highest BCUT2D eigenvalue weighted by atomic mass is 15.2. The maximum Gasteiger partial charge on any atom is 0.0252 e. The van der Waals surface area contributed by atoms with Crippen molar-refractivity contribution in [2.45, 2.75) is 71.3 Å². The van der Waals surface area contributed by atoms with E-state index in [4.69, 9.17) is 0 Å². The van der Waals surface area contributed by atoms with E-state index >= 15 is 0 Å². The van der Waals surface area contributed by atoms with Crippen LogP contribution < -0.4 is 5.32 Å². The number of likely N-dealkylation sites (N-methyl/N-ethyl adjacent to an activating group) is 1. The lowest BCUT2D eigenvalue weighted by molar-refractivity contribution is 0.0554. The molecule has 1 N–H and O–H groups in total. The highest BCUT2D eigenvalue weighted by Gasteiger charge is 2.36. The van der Waals surface area contributed by atoms with Crippen LogP contribution in [0.15, 0.2) is 0 Å². The molecule has 18 heavy (non-hydrogen) atoms. The van der Waals surface area contributed by atoms with E-state index in [0.29, 0.717) is 0 Å². The summed E-state index contributed by atoms with van der Waals surface area (Å²) in [6.45, 7) is 11.8.